The van der Waals surface area contributed by atoms with Gasteiger partial charge < -0.3 is 21.1 Å². The van der Waals surface area contributed by atoms with E-state index in [0.717, 1.165) is 6.42 Å². The van der Waals surface area contributed by atoms with Crippen molar-refractivity contribution in [3.63, 3.8) is 0 Å². The number of rotatable bonds is 9. The van der Waals surface area contributed by atoms with E-state index >= 15 is 0 Å². The van der Waals surface area contributed by atoms with E-state index in [0.29, 0.717) is 37.6 Å². The Morgan fingerprint density at radius 3 is 2.71 bits per heavy atom. The molecule has 1 aromatic rings. The number of amides is 2. The van der Waals surface area contributed by atoms with Crippen molar-refractivity contribution in [3.8, 4) is 0 Å². The van der Waals surface area contributed by atoms with Crippen molar-refractivity contribution >= 4 is 17.5 Å². The molecule has 2 amide bonds. The van der Waals surface area contributed by atoms with E-state index in [-0.39, 0.29) is 18.2 Å². The number of benzene rings is 1. The minimum Gasteiger partial charge on any atom is -0.381 e. The highest BCUT2D eigenvalue weighted by Gasteiger charge is 2.12. The summed E-state index contributed by atoms with van der Waals surface area (Å²) in [5.74, 6) is -0.427. The first-order chi connectivity index (χ1) is 10.2. The summed E-state index contributed by atoms with van der Waals surface area (Å²) in [4.78, 5) is 23.8. The van der Waals surface area contributed by atoms with Gasteiger partial charge in [-0.25, -0.2) is 0 Å². The molecule has 0 radical (unpaired) electrons. The average Bonchev–Trinajstić information content (AvgIpc) is 2.50. The lowest BCUT2D eigenvalue weighted by molar-refractivity contribution is -0.117. The van der Waals surface area contributed by atoms with E-state index in [1.54, 1.807) is 24.3 Å². The normalized spacial score (nSPS) is 10.2. The Morgan fingerprint density at radius 2 is 2.00 bits per heavy atom. The smallest absolute Gasteiger partial charge is 0.253 e. The molecule has 6 nitrogen and oxygen atoms in total. The zero-order valence-corrected chi connectivity index (χ0v) is 12.4. The lowest BCUT2D eigenvalue weighted by atomic mass is 10.1. The fourth-order valence-corrected chi connectivity index (χ4v) is 1.70. The summed E-state index contributed by atoms with van der Waals surface area (Å²) in [6, 6.07) is 6.87. The number of hydrogen-bond acceptors (Lipinski definition) is 4. The number of hydrogen-bond donors (Lipinski definition) is 3. The number of nitrogens with two attached hydrogens (primary N) is 1. The summed E-state index contributed by atoms with van der Waals surface area (Å²) in [6.07, 6.45) is 1.19. The van der Waals surface area contributed by atoms with Crippen LogP contribution in [0.25, 0.3) is 0 Å². The third-order valence-corrected chi connectivity index (χ3v) is 2.70. The largest absolute Gasteiger partial charge is 0.381 e. The minimum absolute atomic E-state index is 0.176. The molecule has 0 spiro atoms. The van der Waals surface area contributed by atoms with Crippen LogP contribution in [0.1, 0.15) is 30.1 Å². The number of carbonyl (C=O) groups excluding carboxylic acids is 2. The summed E-state index contributed by atoms with van der Waals surface area (Å²) < 4.78 is 5.27. The zero-order valence-electron chi connectivity index (χ0n) is 12.4. The number of anilines is 1. The van der Waals surface area contributed by atoms with Gasteiger partial charge in [-0.15, -0.1) is 0 Å². The van der Waals surface area contributed by atoms with Crippen LogP contribution in [-0.4, -0.2) is 38.1 Å². The van der Waals surface area contributed by atoms with Gasteiger partial charge in [-0.2, -0.15) is 0 Å². The molecule has 0 aliphatic heterocycles. The molecule has 116 valence electrons. The molecule has 0 saturated heterocycles. The summed E-state index contributed by atoms with van der Waals surface area (Å²) in [6.45, 7) is 3.80. The van der Waals surface area contributed by atoms with Crippen LogP contribution in [-0.2, 0) is 9.53 Å². The van der Waals surface area contributed by atoms with Gasteiger partial charge in [0, 0.05) is 19.7 Å². The summed E-state index contributed by atoms with van der Waals surface area (Å²) >= 11 is 0. The second-order valence-corrected chi connectivity index (χ2v) is 4.50. The molecular weight excluding hydrogens is 270 g/mol. The van der Waals surface area contributed by atoms with Crippen molar-refractivity contribution in [3.05, 3.63) is 29.8 Å². The van der Waals surface area contributed by atoms with Gasteiger partial charge in [0.1, 0.15) is 0 Å². The molecule has 0 aromatic heterocycles. The lowest BCUT2D eigenvalue weighted by Gasteiger charge is -2.11. The van der Waals surface area contributed by atoms with Crippen molar-refractivity contribution in [1.29, 1.82) is 0 Å². The molecular formula is C15H23N3O3. The third kappa shape index (κ3) is 6.37. The zero-order chi connectivity index (χ0) is 15.5. The van der Waals surface area contributed by atoms with Crippen LogP contribution in [0.5, 0.6) is 0 Å². The van der Waals surface area contributed by atoms with Crippen molar-refractivity contribution in [2.75, 3.05) is 31.6 Å². The molecule has 0 fully saturated rings. The molecule has 0 unspecified atom stereocenters. The first kappa shape index (κ1) is 17.1. The molecule has 0 aliphatic carbocycles. The van der Waals surface area contributed by atoms with Gasteiger partial charge in [0.15, 0.2) is 0 Å². The monoisotopic (exact) mass is 293 g/mol. The van der Waals surface area contributed by atoms with Crippen LogP contribution in [0.4, 0.5) is 5.69 Å². The summed E-state index contributed by atoms with van der Waals surface area (Å²) in [5.41, 5.74) is 6.27. The van der Waals surface area contributed by atoms with Crippen LogP contribution in [0, 0.1) is 0 Å². The number of carbonyl (C=O) groups is 2. The fourth-order valence-electron chi connectivity index (χ4n) is 1.70. The number of ether oxygens (including phenoxy) is 1. The highest BCUT2D eigenvalue weighted by Crippen LogP contribution is 2.15. The Labute approximate surface area is 125 Å². The van der Waals surface area contributed by atoms with E-state index in [9.17, 15) is 9.59 Å². The number of para-hydroxylation sites is 1. The first-order valence-corrected chi connectivity index (χ1v) is 7.14. The van der Waals surface area contributed by atoms with E-state index in [1.807, 2.05) is 6.92 Å². The van der Waals surface area contributed by atoms with Gasteiger partial charge in [0.25, 0.3) is 5.91 Å². The standard InChI is InChI=1S/C15H23N3O3/c1-2-10-21-11-7-14(19)18-13-6-4-3-5-12(13)15(20)17-9-8-16/h3-6H,2,7-11,16H2,1H3,(H,17,20)(H,18,19). The maximum Gasteiger partial charge on any atom is 0.253 e. The van der Waals surface area contributed by atoms with Crippen LogP contribution in [0.15, 0.2) is 24.3 Å². The summed E-state index contributed by atoms with van der Waals surface area (Å²) in [7, 11) is 0. The SMILES string of the molecule is CCCOCCC(=O)Nc1ccccc1C(=O)NCCN. The van der Waals surface area contributed by atoms with Crippen LogP contribution in [0.3, 0.4) is 0 Å². The molecule has 21 heavy (non-hydrogen) atoms. The van der Waals surface area contributed by atoms with Crippen LogP contribution < -0.4 is 16.4 Å². The highest BCUT2D eigenvalue weighted by atomic mass is 16.5. The highest BCUT2D eigenvalue weighted by molar-refractivity contribution is 6.03. The first-order valence-electron chi connectivity index (χ1n) is 7.14. The predicted molar refractivity (Wildman–Crippen MR) is 82.2 cm³/mol. The van der Waals surface area contributed by atoms with E-state index in [2.05, 4.69) is 10.6 Å². The van der Waals surface area contributed by atoms with Crippen molar-refractivity contribution < 1.29 is 14.3 Å². The van der Waals surface area contributed by atoms with Crippen molar-refractivity contribution in [2.45, 2.75) is 19.8 Å². The Morgan fingerprint density at radius 1 is 1.24 bits per heavy atom. The Balaban J connectivity index is 2.58. The number of nitrogens with one attached hydrogen (secondary N) is 2. The third-order valence-electron chi connectivity index (χ3n) is 2.70. The van der Waals surface area contributed by atoms with Gasteiger partial charge in [-0.05, 0) is 18.6 Å². The van der Waals surface area contributed by atoms with Crippen molar-refractivity contribution in [2.24, 2.45) is 5.73 Å². The maximum atomic E-state index is 12.0. The Bertz CT molecular complexity index is 463. The van der Waals surface area contributed by atoms with Crippen LogP contribution in [0.2, 0.25) is 0 Å². The molecule has 6 heteroatoms. The quantitative estimate of drug-likeness (QED) is 0.595. The van der Waals surface area contributed by atoms with Crippen LogP contribution >= 0.6 is 0 Å². The average molecular weight is 293 g/mol. The van der Waals surface area contributed by atoms with E-state index in [1.165, 1.54) is 0 Å². The Hall–Kier alpha value is -1.92. The lowest BCUT2D eigenvalue weighted by Crippen LogP contribution is -2.30. The second kappa shape index (κ2) is 9.90. The molecule has 1 rings (SSSR count). The molecule has 0 heterocycles. The predicted octanol–water partition coefficient (Wildman–Crippen LogP) is 1.13. The summed E-state index contributed by atoms with van der Waals surface area (Å²) in [5, 5.41) is 5.42. The van der Waals surface area contributed by atoms with Gasteiger partial charge in [-0.1, -0.05) is 19.1 Å². The molecule has 4 N–H and O–H groups in total. The van der Waals surface area contributed by atoms with Gasteiger partial charge in [0.05, 0.1) is 24.3 Å². The molecule has 0 atom stereocenters. The topological polar surface area (TPSA) is 93.4 Å². The molecule has 0 bridgehead atoms. The fraction of sp³-hybridized carbons (Fsp3) is 0.467. The van der Waals surface area contributed by atoms with Crippen molar-refractivity contribution in [1.82, 2.24) is 5.32 Å². The van der Waals surface area contributed by atoms with E-state index < -0.39 is 0 Å². The molecule has 0 saturated carbocycles. The van der Waals surface area contributed by atoms with Gasteiger partial charge >= 0.3 is 0 Å². The molecule has 0 aliphatic rings. The Kier molecular flexibility index (Phi) is 8.08. The second-order valence-electron chi connectivity index (χ2n) is 4.50. The molecule has 1 aromatic carbocycles. The maximum absolute atomic E-state index is 12.0. The van der Waals surface area contributed by atoms with Gasteiger partial charge in [-0.3, -0.25) is 9.59 Å². The van der Waals surface area contributed by atoms with Gasteiger partial charge in [0.2, 0.25) is 5.91 Å². The van der Waals surface area contributed by atoms with E-state index in [4.69, 9.17) is 10.5 Å². The minimum atomic E-state index is -0.251.